The number of carbonyl (C=O) groups excluding carboxylic acids is 2. The Hall–Kier alpha value is -2.48. The summed E-state index contributed by atoms with van der Waals surface area (Å²) < 4.78 is 28.7. The molecular formula is C20H24N2O5S. The van der Waals surface area contributed by atoms with Crippen molar-refractivity contribution in [3.05, 3.63) is 42.1 Å². The monoisotopic (exact) mass is 404 g/mol. The number of ether oxygens (including phenoxy) is 1. The lowest BCUT2D eigenvalue weighted by molar-refractivity contribution is -0.136. The van der Waals surface area contributed by atoms with Gasteiger partial charge in [-0.05, 0) is 25.0 Å². The lowest BCUT2D eigenvalue weighted by Gasteiger charge is -2.28. The van der Waals surface area contributed by atoms with Gasteiger partial charge in [0.1, 0.15) is 5.69 Å². The number of sulfone groups is 1. The molecule has 1 atom stereocenters. The van der Waals surface area contributed by atoms with Gasteiger partial charge in [0.2, 0.25) is 0 Å². The summed E-state index contributed by atoms with van der Waals surface area (Å²) in [5.41, 5.74) is 0.805. The van der Waals surface area contributed by atoms with E-state index in [1.165, 1.54) is 0 Å². The predicted molar refractivity (Wildman–Crippen MR) is 106 cm³/mol. The Morgan fingerprint density at radius 1 is 1.21 bits per heavy atom. The third-order valence-electron chi connectivity index (χ3n) is 4.86. The molecule has 28 heavy (non-hydrogen) atoms. The molecule has 1 unspecified atom stereocenters. The number of aromatic nitrogens is 1. The van der Waals surface area contributed by atoms with Crippen molar-refractivity contribution >= 4 is 32.6 Å². The van der Waals surface area contributed by atoms with Crippen molar-refractivity contribution in [2.75, 3.05) is 24.7 Å². The van der Waals surface area contributed by atoms with Crippen molar-refractivity contribution in [3.63, 3.8) is 0 Å². The number of hydrogen-bond donors (Lipinski definition) is 0. The third kappa shape index (κ3) is 4.86. The number of amides is 1. The summed E-state index contributed by atoms with van der Waals surface area (Å²) >= 11 is 0. The second-order valence-electron chi connectivity index (χ2n) is 6.96. The summed E-state index contributed by atoms with van der Waals surface area (Å²) in [4.78, 5) is 30.7. The lowest BCUT2D eigenvalue weighted by atomic mass is 10.2. The highest BCUT2D eigenvalue weighted by atomic mass is 32.2. The number of unbranched alkanes of at least 4 members (excludes halogenated alkanes) is 1. The quantitative estimate of drug-likeness (QED) is 0.657. The number of rotatable bonds is 7. The first-order chi connectivity index (χ1) is 13.4. The standard InChI is InChI=1S/C20H24N2O5S/c1-2-3-11-22(16-10-12-28(25,26)14-16)19(23)13-27-20(24)18-9-8-15-6-4-5-7-17(15)21-18/h4-9,16H,2-3,10-14H2,1H3. The van der Waals surface area contributed by atoms with Crippen LogP contribution in [-0.4, -0.2) is 60.9 Å². The zero-order chi connectivity index (χ0) is 20.1. The topological polar surface area (TPSA) is 93.6 Å². The van der Waals surface area contributed by atoms with Gasteiger partial charge in [-0.2, -0.15) is 0 Å². The number of hydrogen-bond acceptors (Lipinski definition) is 6. The highest BCUT2D eigenvalue weighted by molar-refractivity contribution is 7.91. The molecular weight excluding hydrogens is 380 g/mol. The smallest absolute Gasteiger partial charge is 0.357 e. The predicted octanol–water partition coefficient (Wildman–Crippen LogP) is 2.21. The van der Waals surface area contributed by atoms with Gasteiger partial charge in [-0.25, -0.2) is 18.2 Å². The highest BCUT2D eigenvalue weighted by Gasteiger charge is 2.34. The maximum Gasteiger partial charge on any atom is 0.357 e. The number of pyridine rings is 1. The van der Waals surface area contributed by atoms with Crippen LogP contribution in [0.4, 0.5) is 0 Å². The Morgan fingerprint density at radius 3 is 2.71 bits per heavy atom. The third-order valence-corrected chi connectivity index (χ3v) is 6.61. The van der Waals surface area contributed by atoms with Gasteiger partial charge in [0.25, 0.3) is 5.91 Å². The minimum absolute atomic E-state index is 0.0252. The number of benzene rings is 1. The summed E-state index contributed by atoms with van der Waals surface area (Å²) in [6, 6.07) is 10.4. The molecule has 0 aliphatic carbocycles. The summed E-state index contributed by atoms with van der Waals surface area (Å²) in [5, 5.41) is 0.906. The van der Waals surface area contributed by atoms with E-state index < -0.39 is 22.4 Å². The molecule has 0 N–H and O–H groups in total. The molecule has 0 bridgehead atoms. The molecule has 1 saturated heterocycles. The molecule has 1 aliphatic heterocycles. The molecule has 1 aromatic heterocycles. The van der Waals surface area contributed by atoms with Crippen LogP contribution in [0.1, 0.15) is 36.7 Å². The zero-order valence-corrected chi connectivity index (χ0v) is 16.7. The summed E-state index contributed by atoms with van der Waals surface area (Å²) in [5.74, 6) is -0.977. The Bertz CT molecular complexity index is 973. The van der Waals surface area contributed by atoms with E-state index in [1.54, 1.807) is 23.1 Å². The van der Waals surface area contributed by atoms with Crippen LogP contribution in [0.25, 0.3) is 10.9 Å². The van der Waals surface area contributed by atoms with Crippen molar-refractivity contribution in [1.29, 1.82) is 0 Å². The van der Waals surface area contributed by atoms with Gasteiger partial charge < -0.3 is 9.64 Å². The van der Waals surface area contributed by atoms with Crippen molar-refractivity contribution < 1.29 is 22.7 Å². The molecule has 2 heterocycles. The molecule has 2 aromatic rings. The van der Waals surface area contributed by atoms with E-state index in [4.69, 9.17) is 4.74 Å². The first kappa shape index (κ1) is 20.3. The minimum atomic E-state index is -3.11. The van der Waals surface area contributed by atoms with Crippen LogP contribution in [0.2, 0.25) is 0 Å². The first-order valence-electron chi connectivity index (χ1n) is 9.42. The zero-order valence-electron chi connectivity index (χ0n) is 15.8. The Morgan fingerprint density at radius 2 is 2.00 bits per heavy atom. The van der Waals surface area contributed by atoms with Crippen LogP contribution in [0, 0.1) is 0 Å². The fraction of sp³-hybridized carbons (Fsp3) is 0.450. The molecule has 7 nitrogen and oxygen atoms in total. The van der Waals surface area contributed by atoms with E-state index >= 15 is 0 Å². The molecule has 0 radical (unpaired) electrons. The fourth-order valence-electron chi connectivity index (χ4n) is 3.32. The largest absolute Gasteiger partial charge is 0.451 e. The number of nitrogens with zero attached hydrogens (tertiary/aromatic N) is 2. The number of para-hydroxylation sites is 1. The molecule has 1 amide bonds. The van der Waals surface area contributed by atoms with Gasteiger partial charge in [0.15, 0.2) is 16.4 Å². The Balaban J connectivity index is 1.64. The van der Waals surface area contributed by atoms with Gasteiger partial charge in [-0.3, -0.25) is 4.79 Å². The van der Waals surface area contributed by atoms with Gasteiger partial charge in [-0.15, -0.1) is 0 Å². The Labute approximate surface area is 164 Å². The van der Waals surface area contributed by atoms with Crippen LogP contribution < -0.4 is 0 Å². The van der Waals surface area contributed by atoms with Crippen LogP contribution in [0.5, 0.6) is 0 Å². The van der Waals surface area contributed by atoms with Crippen molar-refractivity contribution in [2.45, 2.75) is 32.2 Å². The van der Waals surface area contributed by atoms with Crippen LogP contribution >= 0.6 is 0 Å². The van der Waals surface area contributed by atoms with E-state index in [-0.39, 0.29) is 29.1 Å². The molecule has 0 saturated carbocycles. The van der Waals surface area contributed by atoms with Crippen LogP contribution in [-0.2, 0) is 19.4 Å². The molecule has 0 spiro atoms. The van der Waals surface area contributed by atoms with Crippen molar-refractivity contribution in [3.8, 4) is 0 Å². The number of fused-ring (bicyclic) bond motifs is 1. The van der Waals surface area contributed by atoms with Crippen LogP contribution in [0.15, 0.2) is 36.4 Å². The van der Waals surface area contributed by atoms with E-state index in [0.29, 0.717) is 18.5 Å². The Kier molecular flexibility index (Phi) is 6.28. The molecule has 1 fully saturated rings. The van der Waals surface area contributed by atoms with E-state index in [2.05, 4.69) is 4.98 Å². The van der Waals surface area contributed by atoms with E-state index in [0.717, 1.165) is 18.2 Å². The molecule has 3 rings (SSSR count). The number of esters is 1. The normalized spacial score (nSPS) is 18.1. The van der Waals surface area contributed by atoms with Crippen LogP contribution in [0.3, 0.4) is 0 Å². The number of carbonyl (C=O) groups is 2. The first-order valence-corrected chi connectivity index (χ1v) is 11.2. The maximum absolute atomic E-state index is 12.6. The molecule has 1 aliphatic rings. The second-order valence-corrected chi connectivity index (χ2v) is 9.19. The SMILES string of the molecule is CCCCN(C(=O)COC(=O)c1ccc2ccccc2n1)C1CCS(=O)(=O)C1. The average molecular weight is 404 g/mol. The summed E-state index contributed by atoms with van der Waals surface area (Å²) in [6.45, 7) is 2.04. The highest BCUT2D eigenvalue weighted by Crippen LogP contribution is 2.19. The fourth-order valence-corrected chi connectivity index (χ4v) is 5.06. The lowest BCUT2D eigenvalue weighted by Crippen LogP contribution is -2.43. The second kappa shape index (κ2) is 8.68. The minimum Gasteiger partial charge on any atom is -0.451 e. The molecule has 150 valence electrons. The van der Waals surface area contributed by atoms with E-state index in [9.17, 15) is 18.0 Å². The average Bonchev–Trinajstić information content (AvgIpc) is 3.05. The van der Waals surface area contributed by atoms with E-state index in [1.807, 2.05) is 25.1 Å². The van der Waals surface area contributed by atoms with Gasteiger partial charge in [-0.1, -0.05) is 37.6 Å². The molecule has 1 aromatic carbocycles. The maximum atomic E-state index is 12.6. The van der Waals surface area contributed by atoms with Gasteiger partial charge in [0, 0.05) is 18.0 Å². The summed E-state index contributed by atoms with van der Waals surface area (Å²) in [6.07, 6.45) is 2.07. The molecule has 8 heteroatoms. The van der Waals surface area contributed by atoms with Crippen molar-refractivity contribution in [2.24, 2.45) is 0 Å². The summed E-state index contributed by atoms with van der Waals surface area (Å²) in [7, 11) is -3.11. The van der Waals surface area contributed by atoms with Crippen molar-refractivity contribution in [1.82, 2.24) is 9.88 Å². The van der Waals surface area contributed by atoms with Gasteiger partial charge >= 0.3 is 5.97 Å². The van der Waals surface area contributed by atoms with Gasteiger partial charge in [0.05, 0.1) is 17.0 Å².